The topological polar surface area (TPSA) is 110 Å². The highest BCUT2D eigenvalue weighted by molar-refractivity contribution is 6.33. The van der Waals surface area contributed by atoms with Crippen LogP contribution in [0.15, 0.2) is 41.0 Å². The Balaban J connectivity index is 1.21. The molecule has 10 heteroatoms. The Morgan fingerprint density at radius 1 is 1.27 bits per heavy atom. The van der Waals surface area contributed by atoms with Crippen molar-refractivity contribution in [3.63, 3.8) is 0 Å². The normalized spacial score (nSPS) is 19.3. The highest BCUT2D eigenvalue weighted by Gasteiger charge is 2.27. The lowest BCUT2D eigenvalue weighted by Gasteiger charge is -2.38. The summed E-state index contributed by atoms with van der Waals surface area (Å²) in [6.07, 6.45) is 6.71. The summed E-state index contributed by atoms with van der Waals surface area (Å²) in [5.74, 6) is 1.36. The number of anilines is 1. The third-order valence-corrected chi connectivity index (χ3v) is 7.06. The fraction of sp³-hybridized carbons (Fsp3) is 0.481. The molecule has 3 N–H and O–H groups in total. The predicted molar refractivity (Wildman–Crippen MR) is 143 cm³/mol. The monoisotopic (exact) mass is 530 g/mol. The van der Waals surface area contributed by atoms with Gasteiger partial charge in [-0.1, -0.05) is 11.6 Å². The van der Waals surface area contributed by atoms with E-state index in [-0.39, 0.29) is 17.9 Å². The van der Waals surface area contributed by atoms with Gasteiger partial charge in [-0.2, -0.15) is 0 Å². The maximum Gasteiger partial charge on any atom is 0.255 e. The summed E-state index contributed by atoms with van der Waals surface area (Å²) in [6.45, 7) is 7.33. The van der Waals surface area contributed by atoms with Crippen LogP contribution in [0.3, 0.4) is 0 Å². The summed E-state index contributed by atoms with van der Waals surface area (Å²) in [6, 6.07) is 6.74. The number of nitrogen functional groups attached to an aromatic ring is 1. The molecule has 0 spiro atoms. The van der Waals surface area contributed by atoms with E-state index >= 15 is 0 Å². The molecule has 9 nitrogen and oxygen atoms in total. The highest BCUT2D eigenvalue weighted by atomic mass is 35.5. The molecule has 0 aliphatic carbocycles. The molecule has 1 aromatic carbocycles. The van der Waals surface area contributed by atoms with Crippen LogP contribution < -0.4 is 15.8 Å². The number of halogens is 1. The second kappa shape index (κ2) is 13.0. The molecular formula is C27H35ClN4O5. The lowest BCUT2D eigenvalue weighted by Crippen LogP contribution is -2.49. The molecule has 200 valence electrons. The minimum absolute atomic E-state index is 0.0203. The third-order valence-electron chi connectivity index (χ3n) is 6.73. The zero-order valence-electron chi connectivity index (χ0n) is 21.2. The zero-order valence-corrected chi connectivity index (χ0v) is 21.9. The van der Waals surface area contributed by atoms with E-state index in [0.717, 1.165) is 45.6 Å². The van der Waals surface area contributed by atoms with Gasteiger partial charge in [0.05, 0.1) is 41.9 Å². The van der Waals surface area contributed by atoms with E-state index in [1.165, 1.54) is 6.07 Å². The predicted octanol–water partition coefficient (Wildman–Crippen LogP) is 3.30. The number of carbonyl (C=O) groups is 2. The summed E-state index contributed by atoms with van der Waals surface area (Å²) in [7, 11) is 0. The van der Waals surface area contributed by atoms with Crippen LogP contribution in [-0.4, -0.2) is 80.2 Å². The van der Waals surface area contributed by atoms with Crippen molar-refractivity contribution in [1.29, 1.82) is 0 Å². The van der Waals surface area contributed by atoms with Crippen LogP contribution in [0.4, 0.5) is 5.69 Å². The molecule has 37 heavy (non-hydrogen) atoms. The van der Waals surface area contributed by atoms with Crippen LogP contribution in [0.25, 0.3) is 6.08 Å². The van der Waals surface area contributed by atoms with E-state index < -0.39 is 0 Å². The van der Waals surface area contributed by atoms with Crippen LogP contribution in [0.1, 0.15) is 35.9 Å². The van der Waals surface area contributed by atoms with Gasteiger partial charge in [0.25, 0.3) is 5.91 Å². The molecule has 1 unspecified atom stereocenters. The van der Waals surface area contributed by atoms with E-state index in [9.17, 15) is 9.59 Å². The molecule has 2 amide bonds. The number of piperidine rings is 1. The summed E-state index contributed by atoms with van der Waals surface area (Å²) in [5, 5.41) is 3.27. The molecule has 1 aromatic heterocycles. The van der Waals surface area contributed by atoms with Gasteiger partial charge in [-0.05, 0) is 50.0 Å². The van der Waals surface area contributed by atoms with Crippen molar-refractivity contribution < 1.29 is 23.5 Å². The van der Waals surface area contributed by atoms with Crippen molar-refractivity contribution in [2.24, 2.45) is 5.92 Å². The lowest BCUT2D eigenvalue weighted by atomic mass is 9.95. The van der Waals surface area contributed by atoms with Gasteiger partial charge in [-0.15, -0.1) is 0 Å². The van der Waals surface area contributed by atoms with Crippen molar-refractivity contribution in [3.8, 4) is 5.75 Å². The van der Waals surface area contributed by atoms with Crippen molar-refractivity contribution in [1.82, 2.24) is 15.1 Å². The smallest absolute Gasteiger partial charge is 0.255 e. The molecule has 0 radical (unpaired) electrons. The summed E-state index contributed by atoms with van der Waals surface area (Å²) in [4.78, 5) is 29.6. The quantitative estimate of drug-likeness (QED) is 0.378. The Kier molecular flexibility index (Phi) is 9.49. The van der Waals surface area contributed by atoms with E-state index in [1.54, 1.807) is 30.5 Å². The van der Waals surface area contributed by atoms with Crippen molar-refractivity contribution in [3.05, 3.63) is 53.0 Å². The average Bonchev–Trinajstić information content (AvgIpc) is 3.42. The van der Waals surface area contributed by atoms with E-state index in [0.29, 0.717) is 53.5 Å². The van der Waals surface area contributed by atoms with Gasteiger partial charge in [-0.3, -0.25) is 14.5 Å². The highest BCUT2D eigenvalue weighted by Crippen LogP contribution is 2.29. The van der Waals surface area contributed by atoms with Crippen LogP contribution in [0.5, 0.6) is 5.75 Å². The van der Waals surface area contributed by atoms with Gasteiger partial charge in [0.2, 0.25) is 5.91 Å². The molecule has 2 aliphatic heterocycles. The number of carbonyl (C=O) groups excluding carboxylic acids is 2. The molecule has 3 heterocycles. The summed E-state index contributed by atoms with van der Waals surface area (Å²) >= 11 is 6.13. The number of benzene rings is 1. The molecule has 4 rings (SSSR count). The largest absolute Gasteiger partial charge is 0.493 e. The number of hydrogen-bond acceptors (Lipinski definition) is 7. The van der Waals surface area contributed by atoms with Crippen molar-refractivity contribution in [2.75, 3.05) is 58.2 Å². The van der Waals surface area contributed by atoms with Crippen LogP contribution >= 0.6 is 11.6 Å². The van der Waals surface area contributed by atoms with Gasteiger partial charge in [0.1, 0.15) is 11.5 Å². The fourth-order valence-electron chi connectivity index (χ4n) is 4.74. The zero-order chi connectivity index (χ0) is 26.2. The fourth-order valence-corrected chi connectivity index (χ4v) is 4.90. The minimum atomic E-state index is -0.274. The minimum Gasteiger partial charge on any atom is -0.493 e. The summed E-state index contributed by atoms with van der Waals surface area (Å²) in [5.41, 5.74) is 6.59. The second-order valence-electron chi connectivity index (χ2n) is 9.38. The molecule has 2 aromatic rings. The first-order valence-corrected chi connectivity index (χ1v) is 13.1. The number of hydrogen-bond donors (Lipinski definition) is 2. The summed E-state index contributed by atoms with van der Waals surface area (Å²) < 4.78 is 16.7. The van der Waals surface area contributed by atoms with Gasteiger partial charge >= 0.3 is 0 Å². The number of likely N-dealkylation sites (tertiary alicyclic amines) is 1. The first kappa shape index (κ1) is 27.0. The Hall–Kier alpha value is -3.01. The van der Waals surface area contributed by atoms with E-state index in [4.69, 9.17) is 31.2 Å². The SMILES string of the molecule is CCOc1cc(N)c(Cl)cc1C(=O)NCC1CN(CC2CCN(C(=O)C=Cc3ccco3)CC2)CCO1. The Morgan fingerprint density at radius 3 is 2.81 bits per heavy atom. The average molecular weight is 531 g/mol. The van der Waals surface area contributed by atoms with Crippen molar-refractivity contribution >= 4 is 35.2 Å². The van der Waals surface area contributed by atoms with Gasteiger partial charge < -0.3 is 29.8 Å². The number of ether oxygens (including phenoxy) is 2. The van der Waals surface area contributed by atoms with Crippen LogP contribution in [0.2, 0.25) is 5.02 Å². The van der Waals surface area contributed by atoms with Gasteiger partial charge in [0, 0.05) is 51.4 Å². The Labute approximate surface area is 222 Å². The van der Waals surface area contributed by atoms with E-state index in [2.05, 4.69) is 10.2 Å². The molecular weight excluding hydrogens is 496 g/mol. The lowest BCUT2D eigenvalue weighted by molar-refractivity contribution is -0.127. The first-order valence-electron chi connectivity index (χ1n) is 12.8. The van der Waals surface area contributed by atoms with Gasteiger partial charge in [-0.25, -0.2) is 0 Å². The number of amides is 2. The molecule has 0 bridgehead atoms. The number of nitrogens with two attached hydrogens (primary N) is 1. The maximum atomic E-state index is 12.8. The van der Waals surface area contributed by atoms with E-state index in [1.807, 2.05) is 17.9 Å². The second-order valence-corrected chi connectivity index (χ2v) is 9.79. The molecule has 0 saturated carbocycles. The van der Waals surface area contributed by atoms with Gasteiger partial charge in [0.15, 0.2) is 0 Å². The molecule has 2 saturated heterocycles. The first-order chi connectivity index (χ1) is 17.9. The Morgan fingerprint density at radius 2 is 2.08 bits per heavy atom. The van der Waals surface area contributed by atoms with Crippen LogP contribution in [0, 0.1) is 5.92 Å². The number of rotatable bonds is 9. The van der Waals surface area contributed by atoms with Crippen molar-refractivity contribution in [2.45, 2.75) is 25.9 Å². The molecule has 2 aliphatic rings. The number of furan rings is 1. The Bertz CT molecular complexity index is 1080. The number of morpholine rings is 1. The maximum absolute atomic E-state index is 12.8. The standard InChI is InChI=1S/C27H35ClN4O5/c1-2-35-25-15-24(29)23(28)14-22(25)27(34)30-16-21-18-31(11-13-37-21)17-19-7-9-32(10-8-19)26(33)6-5-20-4-3-12-36-20/h3-6,12,14-15,19,21H,2,7-11,13,16-18,29H2,1H3,(H,30,34). The van der Waals surface area contributed by atoms with Crippen LogP contribution in [-0.2, 0) is 9.53 Å². The molecule has 1 atom stereocenters. The number of nitrogens with zero attached hydrogens (tertiary/aromatic N) is 2. The number of nitrogens with one attached hydrogen (secondary N) is 1. The third kappa shape index (κ3) is 7.50. The molecule has 2 fully saturated rings.